The molecule has 2 heterocycles. The van der Waals surface area contributed by atoms with Crippen molar-refractivity contribution in [3.63, 3.8) is 0 Å². The molecule has 0 saturated carbocycles. The maximum absolute atomic E-state index is 13.9. The maximum atomic E-state index is 13.9. The van der Waals surface area contributed by atoms with Crippen molar-refractivity contribution in [2.24, 2.45) is 0 Å². The van der Waals surface area contributed by atoms with Gasteiger partial charge < -0.3 is 9.80 Å². The number of piperazine rings is 1. The van der Waals surface area contributed by atoms with Crippen LogP contribution in [0.2, 0.25) is 5.02 Å². The molecule has 1 fully saturated rings. The van der Waals surface area contributed by atoms with Gasteiger partial charge in [-0.3, -0.25) is 9.59 Å². The van der Waals surface area contributed by atoms with Crippen LogP contribution < -0.4 is 0 Å². The van der Waals surface area contributed by atoms with Crippen LogP contribution in [-0.2, 0) is 5.41 Å². The first-order valence-corrected chi connectivity index (χ1v) is 9.86. The SMILES string of the molecule is CC(C)(C)c1ncc(C(=O)N2CCN(C(=O)c3cc(Cl)ccc3F)CC2)s1. The van der Waals surface area contributed by atoms with Crippen LogP contribution in [0, 0.1) is 5.82 Å². The maximum Gasteiger partial charge on any atom is 0.265 e. The summed E-state index contributed by atoms with van der Waals surface area (Å²) in [4.78, 5) is 33.5. The Morgan fingerprint density at radius 2 is 1.70 bits per heavy atom. The minimum Gasteiger partial charge on any atom is -0.335 e. The Balaban J connectivity index is 1.65. The zero-order chi connectivity index (χ0) is 19.8. The van der Waals surface area contributed by atoms with Gasteiger partial charge in [-0.15, -0.1) is 11.3 Å². The molecule has 144 valence electrons. The van der Waals surface area contributed by atoms with E-state index in [1.165, 1.54) is 29.5 Å². The third-order valence-corrected chi connectivity index (χ3v) is 6.02. The minimum atomic E-state index is -0.595. The molecule has 0 bridgehead atoms. The summed E-state index contributed by atoms with van der Waals surface area (Å²) in [7, 11) is 0. The molecule has 1 aromatic carbocycles. The lowest BCUT2D eigenvalue weighted by Crippen LogP contribution is -2.50. The summed E-state index contributed by atoms with van der Waals surface area (Å²) in [5.41, 5.74) is -0.144. The number of hydrogen-bond donors (Lipinski definition) is 0. The van der Waals surface area contributed by atoms with E-state index >= 15 is 0 Å². The Kier molecular flexibility index (Phi) is 5.53. The Bertz CT molecular complexity index is 870. The molecule has 0 atom stereocenters. The van der Waals surface area contributed by atoms with E-state index in [1.54, 1.807) is 16.0 Å². The van der Waals surface area contributed by atoms with E-state index in [-0.39, 0.29) is 16.9 Å². The van der Waals surface area contributed by atoms with Crippen molar-refractivity contribution in [2.75, 3.05) is 26.2 Å². The third kappa shape index (κ3) is 4.30. The highest BCUT2D eigenvalue weighted by Crippen LogP contribution is 2.27. The monoisotopic (exact) mass is 409 g/mol. The molecule has 0 N–H and O–H groups in total. The van der Waals surface area contributed by atoms with E-state index in [4.69, 9.17) is 11.6 Å². The molecule has 27 heavy (non-hydrogen) atoms. The van der Waals surface area contributed by atoms with Crippen LogP contribution in [-0.4, -0.2) is 52.8 Å². The number of carbonyl (C=O) groups excluding carboxylic acids is 2. The highest BCUT2D eigenvalue weighted by atomic mass is 35.5. The van der Waals surface area contributed by atoms with E-state index < -0.39 is 11.7 Å². The highest BCUT2D eigenvalue weighted by Gasteiger charge is 2.28. The molecule has 3 rings (SSSR count). The lowest BCUT2D eigenvalue weighted by Gasteiger charge is -2.34. The first kappa shape index (κ1) is 19.8. The van der Waals surface area contributed by atoms with Crippen molar-refractivity contribution in [1.29, 1.82) is 0 Å². The van der Waals surface area contributed by atoms with Gasteiger partial charge >= 0.3 is 0 Å². The molecule has 5 nitrogen and oxygen atoms in total. The summed E-state index contributed by atoms with van der Waals surface area (Å²) < 4.78 is 13.9. The normalized spacial score (nSPS) is 15.1. The Labute approximate surface area is 166 Å². The van der Waals surface area contributed by atoms with E-state index in [1.807, 2.05) is 0 Å². The van der Waals surface area contributed by atoms with Crippen LogP contribution in [0.4, 0.5) is 4.39 Å². The van der Waals surface area contributed by atoms with Crippen LogP contribution >= 0.6 is 22.9 Å². The molecule has 0 radical (unpaired) electrons. The predicted octanol–water partition coefficient (Wildman–Crippen LogP) is 3.83. The summed E-state index contributed by atoms with van der Waals surface area (Å²) in [5.74, 6) is -1.08. The number of halogens is 2. The number of benzene rings is 1. The van der Waals surface area contributed by atoms with Crippen molar-refractivity contribution in [3.05, 3.63) is 50.7 Å². The fraction of sp³-hybridized carbons (Fsp3) is 0.421. The van der Waals surface area contributed by atoms with Gasteiger partial charge in [-0.2, -0.15) is 0 Å². The molecular formula is C19H21ClFN3O2S. The van der Waals surface area contributed by atoms with Crippen LogP contribution in [0.1, 0.15) is 45.8 Å². The molecule has 1 saturated heterocycles. The van der Waals surface area contributed by atoms with Gasteiger partial charge in [0.2, 0.25) is 0 Å². The number of hydrogen-bond acceptors (Lipinski definition) is 4. The van der Waals surface area contributed by atoms with Crippen molar-refractivity contribution in [1.82, 2.24) is 14.8 Å². The first-order chi connectivity index (χ1) is 12.7. The summed E-state index contributed by atoms with van der Waals surface area (Å²) >= 11 is 7.27. The van der Waals surface area contributed by atoms with Gasteiger partial charge in [0, 0.05) is 36.6 Å². The van der Waals surface area contributed by atoms with Gasteiger partial charge in [0.05, 0.1) is 16.8 Å². The second-order valence-electron chi connectivity index (χ2n) is 7.49. The van der Waals surface area contributed by atoms with Crippen molar-refractivity contribution >= 4 is 34.8 Å². The molecule has 2 aromatic rings. The van der Waals surface area contributed by atoms with Crippen molar-refractivity contribution in [2.45, 2.75) is 26.2 Å². The molecule has 1 aliphatic heterocycles. The van der Waals surface area contributed by atoms with Gasteiger partial charge in [-0.05, 0) is 18.2 Å². The smallest absolute Gasteiger partial charge is 0.265 e. The number of amides is 2. The van der Waals surface area contributed by atoms with E-state index in [0.29, 0.717) is 36.1 Å². The summed E-state index contributed by atoms with van der Waals surface area (Å²) in [6.45, 7) is 7.66. The molecule has 1 aromatic heterocycles. The molecule has 0 unspecified atom stereocenters. The van der Waals surface area contributed by atoms with Gasteiger partial charge in [-0.1, -0.05) is 32.4 Å². The van der Waals surface area contributed by atoms with E-state index in [0.717, 1.165) is 5.01 Å². The van der Waals surface area contributed by atoms with Crippen molar-refractivity contribution in [3.8, 4) is 0 Å². The van der Waals surface area contributed by atoms with Crippen LogP contribution in [0.5, 0.6) is 0 Å². The lowest BCUT2D eigenvalue weighted by atomic mass is 9.98. The topological polar surface area (TPSA) is 53.5 Å². The Hall–Kier alpha value is -1.99. The van der Waals surface area contributed by atoms with Crippen molar-refractivity contribution < 1.29 is 14.0 Å². The molecule has 2 amide bonds. The van der Waals surface area contributed by atoms with Crippen LogP contribution in [0.3, 0.4) is 0 Å². The largest absolute Gasteiger partial charge is 0.335 e. The molecule has 8 heteroatoms. The summed E-state index contributed by atoms with van der Waals surface area (Å²) in [6.07, 6.45) is 1.62. The summed E-state index contributed by atoms with van der Waals surface area (Å²) in [6, 6.07) is 3.93. The zero-order valence-electron chi connectivity index (χ0n) is 15.5. The predicted molar refractivity (Wildman–Crippen MR) is 104 cm³/mol. The molecule has 0 spiro atoms. The van der Waals surface area contributed by atoms with Gasteiger partial charge in [0.25, 0.3) is 11.8 Å². The number of rotatable bonds is 2. The third-order valence-electron chi connectivity index (χ3n) is 4.37. The molecule has 0 aliphatic carbocycles. The Morgan fingerprint density at radius 1 is 1.11 bits per heavy atom. The fourth-order valence-corrected chi connectivity index (χ4v) is 3.93. The van der Waals surface area contributed by atoms with Gasteiger partial charge in [0.1, 0.15) is 10.7 Å². The molecule has 1 aliphatic rings. The Morgan fingerprint density at radius 3 is 2.26 bits per heavy atom. The number of carbonyl (C=O) groups is 2. The second-order valence-corrected chi connectivity index (χ2v) is 8.96. The average Bonchev–Trinajstić information content (AvgIpc) is 3.13. The summed E-state index contributed by atoms with van der Waals surface area (Å²) in [5, 5.41) is 1.23. The zero-order valence-corrected chi connectivity index (χ0v) is 17.0. The number of thiazole rings is 1. The van der Waals surface area contributed by atoms with Gasteiger partial charge in [-0.25, -0.2) is 9.37 Å². The van der Waals surface area contributed by atoms with E-state index in [9.17, 15) is 14.0 Å². The number of nitrogens with zero attached hydrogens (tertiary/aromatic N) is 3. The lowest BCUT2D eigenvalue weighted by molar-refractivity contribution is 0.0535. The minimum absolute atomic E-state index is 0.0421. The number of aromatic nitrogens is 1. The van der Waals surface area contributed by atoms with Crippen LogP contribution in [0.25, 0.3) is 0 Å². The first-order valence-electron chi connectivity index (χ1n) is 8.67. The van der Waals surface area contributed by atoms with E-state index in [2.05, 4.69) is 25.8 Å². The standard InChI is InChI=1S/C19H21ClFN3O2S/c1-19(2,3)18-22-11-15(27-18)17(26)24-8-6-23(7-9-24)16(25)13-10-12(20)4-5-14(13)21/h4-5,10-11H,6-9H2,1-3H3. The fourth-order valence-electron chi connectivity index (χ4n) is 2.82. The molecular weight excluding hydrogens is 389 g/mol. The highest BCUT2D eigenvalue weighted by molar-refractivity contribution is 7.13. The second kappa shape index (κ2) is 7.56. The average molecular weight is 410 g/mol. The quantitative estimate of drug-likeness (QED) is 0.757. The van der Waals surface area contributed by atoms with Gasteiger partial charge in [0.15, 0.2) is 0 Å². The van der Waals surface area contributed by atoms with Crippen LogP contribution in [0.15, 0.2) is 24.4 Å².